The van der Waals surface area contributed by atoms with E-state index in [2.05, 4.69) is 15.4 Å². The summed E-state index contributed by atoms with van der Waals surface area (Å²) in [5, 5.41) is 17.8. The molecule has 0 spiro atoms. The molecule has 0 saturated carbocycles. The van der Waals surface area contributed by atoms with Gasteiger partial charge in [-0.3, -0.25) is 14.8 Å². The number of nitro groups is 1. The molecule has 0 fully saturated rings. The lowest BCUT2D eigenvalue weighted by Gasteiger charge is -2.06. The summed E-state index contributed by atoms with van der Waals surface area (Å²) in [6.45, 7) is 2.56. The first-order valence-electron chi connectivity index (χ1n) is 5.65. The summed E-state index contributed by atoms with van der Waals surface area (Å²) in [6, 6.07) is 4.58. The minimum Gasteiger partial charge on any atom is -0.423 e. The molecule has 2 aromatic rings. The van der Waals surface area contributed by atoms with Crippen molar-refractivity contribution in [2.45, 2.75) is 6.92 Å². The van der Waals surface area contributed by atoms with E-state index in [9.17, 15) is 10.1 Å². The van der Waals surface area contributed by atoms with Crippen molar-refractivity contribution in [3.8, 4) is 11.8 Å². The summed E-state index contributed by atoms with van der Waals surface area (Å²) >= 11 is 0. The Labute approximate surface area is 109 Å². The lowest BCUT2D eigenvalue weighted by atomic mass is 10.2. The molecular formula is C11H13N5O3. The lowest BCUT2D eigenvalue weighted by Crippen LogP contribution is -1.99. The van der Waals surface area contributed by atoms with Gasteiger partial charge in [-0.1, -0.05) is 0 Å². The van der Waals surface area contributed by atoms with Crippen LogP contribution in [0.1, 0.15) is 6.92 Å². The number of nitrogens with zero attached hydrogens (tertiary/aromatic N) is 4. The SMILES string of the molecule is CCNc1cc(Oc2ncn(C)n2)cc([N+](=O)[O-])c1. The number of rotatable bonds is 5. The number of aryl methyl sites for hydroxylation is 1. The maximum Gasteiger partial charge on any atom is 0.340 e. The van der Waals surface area contributed by atoms with E-state index in [1.54, 1.807) is 13.1 Å². The van der Waals surface area contributed by atoms with Crippen molar-refractivity contribution in [3.05, 3.63) is 34.6 Å². The van der Waals surface area contributed by atoms with Crippen molar-refractivity contribution < 1.29 is 9.66 Å². The van der Waals surface area contributed by atoms with E-state index in [1.807, 2.05) is 6.92 Å². The third-order valence-corrected chi connectivity index (χ3v) is 2.27. The number of benzene rings is 1. The minimum absolute atomic E-state index is 0.0515. The monoisotopic (exact) mass is 263 g/mol. The van der Waals surface area contributed by atoms with Crippen molar-refractivity contribution >= 4 is 11.4 Å². The second kappa shape index (κ2) is 5.34. The molecule has 1 aromatic carbocycles. The highest BCUT2D eigenvalue weighted by atomic mass is 16.6. The van der Waals surface area contributed by atoms with Gasteiger partial charge in [-0.25, -0.2) is 0 Å². The average Bonchev–Trinajstić information content (AvgIpc) is 2.75. The molecule has 0 aliphatic carbocycles. The summed E-state index contributed by atoms with van der Waals surface area (Å²) in [5.41, 5.74) is 0.562. The number of hydrogen-bond acceptors (Lipinski definition) is 6. The van der Waals surface area contributed by atoms with E-state index in [-0.39, 0.29) is 11.7 Å². The first-order chi connectivity index (χ1) is 9.08. The van der Waals surface area contributed by atoms with E-state index in [4.69, 9.17) is 4.74 Å². The number of aromatic nitrogens is 3. The van der Waals surface area contributed by atoms with Crippen molar-refractivity contribution in [2.24, 2.45) is 7.05 Å². The fraction of sp³-hybridized carbons (Fsp3) is 0.273. The molecule has 0 aliphatic heterocycles. The van der Waals surface area contributed by atoms with Crippen LogP contribution in [0.25, 0.3) is 0 Å². The predicted molar refractivity (Wildman–Crippen MR) is 68.3 cm³/mol. The van der Waals surface area contributed by atoms with Gasteiger partial charge in [0, 0.05) is 31.4 Å². The van der Waals surface area contributed by atoms with Crippen LogP contribution in [0.2, 0.25) is 0 Å². The molecule has 100 valence electrons. The van der Waals surface area contributed by atoms with E-state index in [1.165, 1.54) is 23.1 Å². The summed E-state index contributed by atoms with van der Waals surface area (Å²) in [6.07, 6.45) is 1.48. The standard InChI is InChI=1S/C11H13N5O3/c1-3-12-8-4-9(16(17)18)6-10(5-8)19-11-13-7-15(2)14-11/h4-7,12H,3H2,1-2H3. The van der Waals surface area contributed by atoms with Crippen LogP contribution < -0.4 is 10.1 Å². The summed E-state index contributed by atoms with van der Waals surface area (Å²) in [5.74, 6) is 0.316. The van der Waals surface area contributed by atoms with Gasteiger partial charge in [0.15, 0.2) is 0 Å². The predicted octanol–water partition coefficient (Wildman–Crippen LogP) is 1.95. The van der Waals surface area contributed by atoms with Crippen LogP contribution in [0.3, 0.4) is 0 Å². The number of anilines is 1. The van der Waals surface area contributed by atoms with E-state index in [0.717, 1.165) is 0 Å². The molecule has 0 amide bonds. The molecule has 0 unspecified atom stereocenters. The molecule has 0 saturated heterocycles. The van der Waals surface area contributed by atoms with Crippen molar-refractivity contribution in [1.82, 2.24) is 14.8 Å². The molecule has 8 heteroatoms. The number of hydrogen-bond donors (Lipinski definition) is 1. The molecule has 2 rings (SSSR count). The van der Waals surface area contributed by atoms with Gasteiger partial charge in [-0.2, -0.15) is 4.98 Å². The highest BCUT2D eigenvalue weighted by Gasteiger charge is 2.12. The first kappa shape index (κ1) is 12.8. The highest BCUT2D eigenvalue weighted by Crippen LogP contribution is 2.28. The molecular weight excluding hydrogens is 250 g/mol. The highest BCUT2D eigenvalue weighted by molar-refractivity contribution is 5.56. The van der Waals surface area contributed by atoms with Crippen molar-refractivity contribution in [1.29, 1.82) is 0 Å². The second-order valence-corrected chi connectivity index (χ2v) is 3.81. The zero-order chi connectivity index (χ0) is 13.8. The van der Waals surface area contributed by atoms with E-state index in [0.29, 0.717) is 18.0 Å². The summed E-state index contributed by atoms with van der Waals surface area (Å²) in [4.78, 5) is 14.3. The maximum atomic E-state index is 10.9. The molecule has 0 radical (unpaired) electrons. The lowest BCUT2D eigenvalue weighted by molar-refractivity contribution is -0.384. The Balaban J connectivity index is 2.30. The smallest absolute Gasteiger partial charge is 0.340 e. The summed E-state index contributed by atoms with van der Waals surface area (Å²) < 4.78 is 6.87. The Morgan fingerprint density at radius 3 is 2.84 bits per heavy atom. The van der Waals surface area contributed by atoms with Crippen LogP contribution in [-0.4, -0.2) is 26.2 Å². The van der Waals surface area contributed by atoms with Gasteiger partial charge in [0.2, 0.25) is 0 Å². The van der Waals surface area contributed by atoms with Gasteiger partial charge in [0.1, 0.15) is 12.1 Å². The average molecular weight is 263 g/mol. The quantitative estimate of drug-likeness (QED) is 0.654. The van der Waals surface area contributed by atoms with Crippen LogP contribution in [0, 0.1) is 10.1 Å². The Morgan fingerprint density at radius 1 is 1.47 bits per heavy atom. The van der Waals surface area contributed by atoms with Gasteiger partial charge < -0.3 is 10.1 Å². The van der Waals surface area contributed by atoms with Gasteiger partial charge >= 0.3 is 6.01 Å². The van der Waals surface area contributed by atoms with Gasteiger partial charge in [0.05, 0.1) is 11.0 Å². The van der Waals surface area contributed by atoms with E-state index < -0.39 is 4.92 Å². The van der Waals surface area contributed by atoms with Gasteiger partial charge in [-0.15, -0.1) is 5.10 Å². The first-order valence-corrected chi connectivity index (χ1v) is 5.65. The number of nitrogens with one attached hydrogen (secondary N) is 1. The number of non-ortho nitro benzene ring substituents is 1. The molecule has 0 bridgehead atoms. The summed E-state index contributed by atoms with van der Waals surface area (Å²) in [7, 11) is 1.71. The topological polar surface area (TPSA) is 95.1 Å². The molecule has 0 aliphatic rings. The molecule has 1 aromatic heterocycles. The zero-order valence-electron chi connectivity index (χ0n) is 10.5. The number of ether oxygens (including phenoxy) is 1. The van der Waals surface area contributed by atoms with E-state index >= 15 is 0 Å². The second-order valence-electron chi connectivity index (χ2n) is 3.81. The van der Waals surface area contributed by atoms with Gasteiger partial charge in [-0.05, 0) is 6.92 Å². The zero-order valence-corrected chi connectivity index (χ0v) is 10.5. The Hall–Kier alpha value is -2.64. The third-order valence-electron chi connectivity index (χ3n) is 2.27. The van der Waals surface area contributed by atoms with Crippen molar-refractivity contribution in [2.75, 3.05) is 11.9 Å². The Morgan fingerprint density at radius 2 is 2.26 bits per heavy atom. The third kappa shape index (κ3) is 3.18. The number of nitro benzene ring substituents is 1. The molecule has 0 atom stereocenters. The van der Waals surface area contributed by atoms with Crippen LogP contribution in [0.4, 0.5) is 11.4 Å². The molecule has 8 nitrogen and oxygen atoms in total. The largest absolute Gasteiger partial charge is 0.423 e. The maximum absolute atomic E-state index is 10.9. The Kier molecular flexibility index (Phi) is 3.60. The molecule has 19 heavy (non-hydrogen) atoms. The fourth-order valence-corrected chi connectivity index (χ4v) is 1.53. The Bertz CT molecular complexity index is 596. The molecule has 1 heterocycles. The van der Waals surface area contributed by atoms with Crippen LogP contribution in [-0.2, 0) is 7.05 Å². The van der Waals surface area contributed by atoms with Crippen LogP contribution in [0.5, 0.6) is 11.8 Å². The van der Waals surface area contributed by atoms with Crippen LogP contribution >= 0.6 is 0 Å². The fourth-order valence-electron chi connectivity index (χ4n) is 1.53. The minimum atomic E-state index is -0.473. The van der Waals surface area contributed by atoms with Crippen LogP contribution in [0.15, 0.2) is 24.5 Å². The molecule has 1 N–H and O–H groups in total. The normalized spacial score (nSPS) is 10.2. The van der Waals surface area contributed by atoms with Gasteiger partial charge in [0.25, 0.3) is 5.69 Å². The van der Waals surface area contributed by atoms with Crippen molar-refractivity contribution in [3.63, 3.8) is 0 Å².